The summed E-state index contributed by atoms with van der Waals surface area (Å²) in [5, 5.41) is 4.29. The van der Waals surface area contributed by atoms with E-state index in [0.717, 1.165) is 53.7 Å². The molecule has 0 heterocycles. The quantitative estimate of drug-likeness (QED) is 0.342. The van der Waals surface area contributed by atoms with Gasteiger partial charge in [-0.25, -0.2) is 0 Å². The fourth-order valence-electron chi connectivity index (χ4n) is 4.46. The van der Waals surface area contributed by atoms with Crippen molar-refractivity contribution >= 4 is 24.0 Å². The van der Waals surface area contributed by atoms with Gasteiger partial charge in [-0.05, 0) is 66.9 Å². The van der Waals surface area contributed by atoms with Crippen LogP contribution in [0.3, 0.4) is 0 Å². The van der Waals surface area contributed by atoms with Crippen LogP contribution in [0.25, 0.3) is 0 Å². The highest BCUT2D eigenvalue weighted by atomic mass is 31.2. The van der Waals surface area contributed by atoms with E-state index in [-0.39, 0.29) is 6.10 Å². The van der Waals surface area contributed by atoms with Gasteiger partial charge in [-0.15, -0.1) is 0 Å². The standard InChI is InChI=1S/C28H35N2O3P/c1-30(2)24-16-20-27(21-17-24)34(31,33-26-12-8-5-9-13-26)28(29-23-10-6-4-7-11-23)22-14-18-25(32-3)19-15-22/h4,6-7,10-11,14-21,26,28-29H,5,8-9,12-13H2,1-3H3. The average molecular weight is 479 g/mol. The number of rotatable bonds is 9. The Bertz CT molecular complexity index is 1080. The average Bonchev–Trinajstić information content (AvgIpc) is 2.88. The summed E-state index contributed by atoms with van der Waals surface area (Å²) >= 11 is 0. The van der Waals surface area contributed by atoms with Gasteiger partial charge in [0.15, 0.2) is 0 Å². The van der Waals surface area contributed by atoms with Gasteiger partial charge in [0.25, 0.3) is 7.37 Å². The molecule has 3 aromatic rings. The van der Waals surface area contributed by atoms with Crippen molar-refractivity contribution in [2.24, 2.45) is 0 Å². The van der Waals surface area contributed by atoms with Crippen LogP contribution in [0.15, 0.2) is 78.9 Å². The highest BCUT2D eigenvalue weighted by Gasteiger charge is 2.40. The van der Waals surface area contributed by atoms with Crippen molar-refractivity contribution in [3.8, 4) is 5.75 Å². The number of methoxy groups -OCH3 is 1. The number of benzene rings is 3. The molecule has 34 heavy (non-hydrogen) atoms. The van der Waals surface area contributed by atoms with Crippen molar-refractivity contribution in [1.82, 2.24) is 0 Å². The maximum Gasteiger partial charge on any atom is 0.258 e. The van der Waals surface area contributed by atoms with Crippen molar-refractivity contribution in [1.29, 1.82) is 0 Å². The first kappa shape index (κ1) is 24.4. The second kappa shape index (κ2) is 11.1. The van der Waals surface area contributed by atoms with Crippen molar-refractivity contribution in [2.75, 3.05) is 31.4 Å². The molecule has 0 radical (unpaired) electrons. The van der Waals surface area contributed by atoms with E-state index in [4.69, 9.17) is 9.26 Å². The Kier molecular flexibility index (Phi) is 7.97. The summed E-state index contributed by atoms with van der Waals surface area (Å²) < 4.78 is 27.1. The van der Waals surface area contributed by atoms with Gasteiger partial charge >= 0.3 is 0 Å². The second-order valence-corrected chi connectivity index (χ2v) is 11.5. The van der Waals surface area contributed by atoms with Gasteiger partial charge in [0.2, 0.25) is 0 Å². The minimum absolute atomic E-state index is 0.00793. The smallest absolute Gasteiger partial charge is 0.258 e. The molecule has 0 bridgehead atoms. The van der Waals surface area contributed by atoms with Gasteiger partial charge in [-0.3, -0.25) is 4.57 Å². The summed E-state index contributed by atoms with van der Waals surface area (Å²) in [4.78, 5) is 2.04. The molecular weight excluding hydrogens is 443 g/mol. The lowest BCUT2D eigenvalue weighted by molar-refractivity contribution is 0.159. The van der Waals surface area contributed by atoms with Crippen molar-refractivity contribution in [3.05, 3.63) is 84.4 Å². The maximum atomic E-state index is 15.1. The third kappa shape index (κ3) is 5.65. The normalized spacial score (nSPS) is 16.9. The van der Waals surface area contributed by atoms with E-state index in [1.165, 1.54) is 6.42 Å². The molecule has 0 aromatic heterocycles. The molecule has 1 N–H and O–H groups in total. The minimum Gasteiger partial charge on any atom is -0.497 e. The van der Waals surface area contributed by atoms with Crippen LogP contribution < -0.4 is 20.3 Å². The third-order valence-corrected chi connectivity index (χ3v) is 9.17. The molecule has 0 amide bonds. The molecule has 1 aliphatic carbocycles. The minimum atomic E-state index is -3.38. The molecule has 1 fully saturated rings. The van der Waals surface area contributed by atoms with Gasteiger partial charge < -0.3 is 19.5 Å². The number of ether oxygens (including phenoxy) is 1. The Labute approximate surface area is 203 Å². The summed E-state index contributed by atoms with van der Waals surface area (Å²) in [7, 11) is 2.28. The number of hydrogen-bond donors (Lipinski definition) is 1. The topological polar surface area (TPSA) is 50.8 Å². The highest BCUT2D eigenvalue weighted by molar-refractivity contribution is 7.67. The molecule has 180 valence electrons. The first-order chi connectivity index (χ1) is 16.5. The monoisotopic (exact) mass is 478 g/mol. The SMILES string of the molecule is COc1ccc(C(Nc2ccccc2)P(=O)(OC2CCCCC2)c2ccc(N(C)C)cc2)cc1. The molecule has 5 nitrogen and oxygen atoms in total. The zero-order valence-electron chi connectivity index (χ0n) is 20.3. The summed E-state index contributed by atoms with van der Waals surface area (Å²) in [5.74, 6) is 0.230. The van der Waals surface area contributed by atoms with E-state index in [1.807, 2.05) is 97.9 Å². The van der Waals surface area contributed by atoms with Crippen LogP contribution in [0.2, 0.25) is 0 Å². The zero-order chi connectivity index (χ0) is 24.0. The molecule has 0 saturated heterocycles. The van der Waals surface area contributed by atoms with E-state index in [0.29, 0.717) is 0 Å². The molecule has 3 aromatic carbocycles. The molecule has 1 saturated carbocycles. The Hall–Kier alpha value is -2.75. The van der Waals surface area contributed by atoms with E-state index >= 15 is 4.57 Å². The van der Waals surface area contributed by atoms with Crippen molar-refractivity contribution in [2.45, 2.75) is 44.0 Å². The lowest BCUT2D eigenvalue weighted by atomic mass is 9.98. The van der Waals surface area contributed by atoms with Crippen LogP contribution in [0.5, 0.6) is 5.75 Å². The van der Waals surface area contributed by atoms with Gasteiger partial charge in [-0.1, -0.05) is 49.6 Å². The predicted molar refractivity (Wildman–Crippen MR) is 142 cm³/mol. The molecule has 2 atom stereocenters. The Morgan fingerprint density at radius 2 is 1.53 bits per heavy atom. The summed E-state index contributed by atoms with van der Waals surface area (Å²) in [6, 6.07) is 25.7. The van der Waals surface area contributed by atoms with E-state index < -0.39 is 13.2 Å². The molecule has 1 aliphatic rings. The largest absolute Gasteiger partial charge is 0.497 e. The first-order valence-corrected chi connectivity index (χ1v) is 13.7. The fraction of sp³-hybridized carbons (Fsp3) is 0.357. The lowest BCUT2D eigenvalue weighted by Crippen LogP contribution is -2.25. The third-order valence-electron chi connectivity index (χ3n) is 6.43. The fourth-order valence-corrected chi connectivity index (χ4v) is 7.11. The Balaban J connectivity index is 1.80. The summed E-state index contributed by atoms with van der Waals surface area (Å²) in [6.45, 7) is 0. The van der Waals surface area contributed by atoms with E-state index in [9.17, 15) is 0 Å². The van der Waals surface area contributed by atoms with Crippen LogP contribution in [-0.2, 0) is 9.09 Å². The number of anilines is 2. The molecule has 4 rings (SSSR count). The Morgan fingerprint density at radius 1 is 0.882 bits per heavy atom. The molecule has 2 unspecified atom stereocenters. The summed E-state index contributed by atoms with van der Waals surface area (Å²) in [6.07, 6.45) is 5.33. The van der Waals surface area contributed by atoms with Crippen LogP contribution >= 0.6 is 7.37 Å². The number of nitrogens with zero attached hydrogens (tertiary/aromatic N) is 1. The lowest BCUT2D eigenvalue weighted by Gasteiger charge is -2.34. The predicted octanol–water partition coefficient (Wildman–Crippen LogP) is 6.82. The number of nitrogens with one attached hydrogen (secondary N) is 1. The van der Waals surface area contributed by atoms with Crippen molar-refractivity contribution in [3.63, 3.8) is 0 Å². The number of hydrogen-bond acceptors (Lipinski definition) is 5. The van der Waals surface area contributed by atoms with Gasteiger partial charge in [0.1, 0.15) is 11.5 Å². The molecule has 6 heteroatoms. The zero-order valence-corrected chi connectivity index (χ0v) is 21.2. The van der Waals surface area contributed by atoms with Crippen LogP contribution in [0, 0.1) is 0 Å². The molecular formula is C28H35N2O3P. The van der Waals surface area contributed by atoms with Gasteiger partial charge in [-0.2, -0.15) is 0 Å². The summed E-state index contributed by atoms with van der Waals surface area (Å²) in [5.41, 5.74) is 2.87. The highest BCUT2D eigenvalue weighted by Crippen LogP contribution is 2.60. The van der Waals surface area contributed by atoms with Crippen molar-refractivity contribution < 1.29 is 13.8 Å². The first-order valence-electron chi connectivity index (χ1n) is 12.0. The van der Waals surface area contributed by atoms with Gasteiger partial charge in [0.05, 0.1) is 13.2 Å². The van der Waals surface area contributed by atoms with Crippen LogP contribution in [0.4, 0.5) is 11.4 Å². The maximum absolute atomic E-state index is 15.1. The molecule has 0 spiro atoms. The molecule has 0 aliphatic heterocycles. The second-order valence-electron chi connectivity index (χ2n) is 9.06. The van der Waals surface area contributed by atoms with E-state index in [1.54, 1.807) is 7.11 Å². The van der Waals surface area contributed by atoms with Crippen LogP contribution in [0.1, 0.15) is 43.5 Å². The van der Waals surface area contributed by atoms with Crippen LogP contribution in [-0.4, -0.2) is 27.3 Å². The number of para-hydroxylation sites is 1. The van der Waals surface area contributed by atoms with E-state index in [2.05, 4.69) is 5.32 Å². The van der Waals surface area contributed by atoms with Gasteiger partial charge in [0, 0.05) is 30.8 Å². The Morgan fingerprint density at radius 3 is 2.12 bits per heavy atom.